The van der Waals surface area contributed by atoms with Crippen molar-refractivity contribution in [2.24, 2.45) is 0 Å². The number of nitro benzene ring substituents is 1. The van der Waals surface area contributed by atoms with Gasteiger partial charge in [0.1, 0.15) is 17.1 Å². The molecule has 0 aliphatic rings. The van der Waals surface area contributed by atoms with Crippen LogP contribution in [0.2, 0.25) is 5.02 Å². The molecule has 3 aromatic rings. The van der Waals surface area contributed by atoms with E-state index in [0.29, 0.717) is 6.07 Å². The van der Waals surface area contributed by atoms with Gasteiger partial charge in [0.15, 0.2) is 0 Å². The average Bonchev–Trinajstić information content (AvgIpc) is 2.74. The Hall–Kier alpha value is -3.57. The number of halogens is 4. The molecule has 0 saturated heterocycles. The zero-order valence-electron chi connectivity index (χ0n) is 16.5. The zero-order valence-corrected chi connectivity index (χ0v) is 18.0. The Kier molecular flexibility index (Phi) is 6.65. The first-order valence-corrected chi connectivity index (χ1v) is 11.1. The molecule has 0 aromatic heterocycles. The second kappa shape index (κ2) is 9.12. The molecule has 0 aliphatic carbocycles. The van der Waals surface area contributed by atoms with E-state index in [1.165, 1.54) is 12.1 Å². The summed E-state index contributed by atoms with van der Waals surface area (Å²) in [4.78, 5) is 23.5. The van der Waals surface area contributed by atoms with Crippen molar-refractivity contribution in [1.82, 2.24) is 4.72 Å². The molecule has 3 aromatic carbocycles. The molecule has 1 unspecified atom stereocenters. The van der Waals surface area contributed by atoms with Crippen LogP contribution in [-0.4, -0.2) is 20.9 Å². The van der Waals surface area contributed by atoms with E-state index in [1.54, 1.807) is 18.2 Å². The van der Waals surface area contributed by atoms with Crippen molar-refractivity contribution in [2.45, 2.75) is 11.1 Å². The summed E-state index contributed by atoms with van der Waals surface area (Å²) in [7, 11) is -3.34. The molecule has 0 aliphatic heterocycles. The van der Waals surface area contributed by atoms with Gasteiger partial charge in [0, 0.05) is 17.0 Å². The lowest BCUT2D eigenvalue weighted by atomic mass is 10.1. The second-order valence-electron chi connectivity index (χ2n) is 6.60. The fraction of sp³-hybridized carbons (Fsp3) is 0.0476. The molecule has 0 saturated carbocycles. The SMILES string of the molecule is C=S(=O)(NC(=O)c1cc(Oc2ccc(C(F)(F)F)cc2Cl)ccc1[N+](=O)[O-])c1ccccc1. The van der Waals surface area contributed by atoms with Crippen molar-refractivity contribution in [3.63, 3.8) is 0 Å². The number of alkyl halides is 3. The molecule has 12 heteroatoms. The van der Waals surface area contributed by atoms with Crippen LogP contribution in [0, 0.1) is 10.1 Å². The average molecular weight is 499 g/mol. The summed E-state index contributed by atoms with van der Waals surface area (Å²) in [5.74, 6) is 2.14. The van der Waals surface area contributed by atoms with E-state index < -0.39 is 43.5 Å². The van der Waals surface area contributed by atoms with Gasteiger partial charge in [-0.1, -0.05) is 29.8 Å². The van der Waals surface area contributed by atoms with Crippen LogP contribution in [0.1, 0.15) is 15.9 Å². The van der Waals surface area contributed by atoms with Crippen LogP contribution in [0.3, 0.4) is 0 Å². The normalized spacial score (nSPS) is 13.1. The third kappa shape index (κ3) is 5.62. The van der Waals surface area contributed by atoms with Crippen molar-refractivity contribution in [3.05, 3.63) is 93.0 Å². The highest BCUT2D eigenvalue weighted by atomic mass is 35.5. The van der Waals surface area contributed by atoms with Gasteiger partial charge in [-0.2, -0.15) is 13.2 Å². The lowest BCUT2D eigenvalue weighted by molar-refractivity contribution is -0.385. The Bertz CT molecular complexity index is 1330. The first kappa shape index (κ1) is 24.1. The Morgan fingerprint density at radius 2 is 1.76 bits per heavy atom. The highest BCUT2D eigenvalue weighted by molar-refractivity contribution is 7.99. The third-order valence-corrected chi connectivity index (χ3v) is 6.12. The maximum atomic E-state index is 12.8. The van der Waals surface area contributed by atoms with Gasteiger partial charge in [-0.25, -0.2) is 4.21 Å². The molecule has 0 heterocycles. The Labute approximate surface area is 191 Å². The highest BCUT2D eigenvalue weighted by Gasteiger charge is 2.31. The van der Waals surface area contributed by atoms with Gasteiger partial charge in [-0.05, 0) is 42.3 Å². The predicted molar refractivity (Wildman–Crippen MR) is 117 cm³/mol. The summed E-state index contributed by atoms with van der Waals surface area (Å²) in [6.45, 7) is 0. The minimum atomic E-state index is -4.61. The molecule has 7 nitrogen and oxygen atoms in total. The molecule has 1 N–H and O–H groups in total. The number of carbonyl (C=O) groups is 1. The molecule has 1 amide bonds. The van der Waals surface area contributed by atoms with Crippen molar-refractivity contribution in [3.8, 4) is 11.5 Å². The molecular weight excluding hydrogens is 485 g/mol. The minimum Gasteiger partial charge on any atom is -0.456 e. The zero-order chi connectivity index (χ0) is 24.4. The number of nitro groups is 1. The largest absolute Gasteiger partial charge is 0.456 e. The predicted octanol–water partition coefficient (Wildman–Crippen LogP) is 5.48. The van der Waals surface area contributed by atoms with Crippen LogP contribution in [0.25, 0.3) is 0 Å². The fourth-order valence-corrected chi connectivity index (χ4v) is 4.05. The number of hydrogen-bond acceptors (Lipinski definition) is 5. The van der Waals surface area contributed by atoms with Gasteiger partial charge in [0.2, 0.25) is 0 Å². The molecular formula is C21H14ClF3N2O5S. The summed E-state index contributed by atoms with van der Waals surface area (Å²) in [5, 5.41) is 11.0. The summed E-state index contributed by atoms with van der Waals surface area (Å²) in [6.07, 6.45) is -4.61. The molecule has 1 atom stereocenters. The quantitative estimate of drug-likeness (QED) is 0.276. The number of carbonyl (C=O) groups excluding carboxylic acids is 1. The first-order chi connectivity index (χ1) is 15.4. The third-order valence-electron chi connectivity index (χ3n) is 4.28. The van der Waals surface area contributed by atoms with Crippen LogP contribution >= 0.6 is 11.6 Å². The molecule has 172 valence electrons. The molecule has 33 heavy (non-hydrogen) atoms. The standard InChI is InChI=1S/C21H14ClF3N2O5S/c1-33(31,15-5-3-2-4-6-15)26-20(28)16-12-14(8-9-18(16)27(29)30)32-19-10-7-13(11-17(19)22)21(23,24)25/h2-12H,1H2,(H,26,28,31). The van der Waals surface area contributed by atoms with E-state index in [0.717, 1.165) is 30.3 Å². The topological polar surface area (TPSA) is 98.5 Å². The number of nitrogens with one attached hydrogen (secondary N) is 1. The van der Waals surface area contributed by atoms with Crippen LogP contribution < -0.4 is 9.46 Å². The van der Waals surface area contributed by atoms with Crippen LogP contribution in [0.15, 0.2) is 71.6 Å². The number of amides is 1. The number of ether oxygens (including phenoxy) is 1. The van der Waals surface area contributed by atoms with Crippen LogP contribution in [-0.2, 0) is 15.9 Å². The van der Waals surface area contributed by atoms with Gasteiger partial charge < -0.3 is 4.74 Å². The van der Waals surface area contributed by atoms with E-state index in [-0.39, 0.29) is 21.4 Å². The Balaban J connectivity index is 1.93. The lowest BCUT2D eigenvalue weighted by Crippen LogP contribution is -2.30. The fourth-order valence-electron chi connectivity index (χ4n) is 2.71. The lowest BCUT2D eigenvalue weighted by Gasteiger charge is -2.13. The summed E-state index contributed by atoms with van der Waals surface area (Å²) in [5.41, 5.74) is -2.09. The van der Waals surface area contributed by atoms with Gasteiger partial charge in [0.05, 0.1) is 25.2 Å². The number of benzene rings is 3. The highest BCUT2D eigenvalue weighted by Crippen LogP contribution is 2.37. The summed E-state index contributed by atoms with van der Waals surface area (Å²) < 4.78 is 58.9. The van der Waals surface area contributed by atoms with Crippen molar-refractivity contribution in [1.29, 1.82) is 0 Å². The number of nitrogens with zero attached hydrogens (tertiary/aromatic N) is 1. The first-order valence-electron chi connectivity index (χ1n) is 8.96. The maximum Gasteiger partial charge on any atom is 0.416 e. The number of rotatable bonds is 6. The van der Waals surface area contributed by atoms with E-state index in [4.69, 9.17) is 16.3 Å². The van der Waals surface area contributed by atoms with E-state index >= 15 is 0 Å². The van der Waals surface area contributed by atoms with E-state index in [1.807, 2.05) is 0 Å². The Morgan fingerprint density at radius 1 is 1.09 bits per heavy atom. The van der Waals surface area contributed by atoms with Crippen LogP contribution in [0.5, 0.6) is 11.5 Å². The smallest absolute Gasteiger partial charge is 0.416 e. The summed E-state index contributed by atoms with van der Waals surface area (Å²) in [6, 6.07) is 13.2. The molecule has 0 fully saturated rings. The van der Waals surface area contributed by atoms with E-state index in [9.17, 15) is 32.3 Å². The number of hydrogen-bond donors (Lipinski definition) is 1. The van der Waals surface area contributed by atoms with Gasteiger partial charge in [0.25, 0.3) is 11.6 Å². The van der Waals surface area contributed by atoms with Gasteiger partial charge in [-0.15, -0.1) is 0 Å². The van der Waals surface area contributed by atoms with E-state index in [2.05, 4.69) is 10.6 Å². The van der Waals surface area contributed by atoms with Crippen molar-refractivity contribution >= 4 is 38.8 Å². The summed E-state index contributed by atoms with van der Waals surface area (Å²) >= 11 is 5.87. The monoisotopic (exact) mass is 498 g/mol. The molecule has 3 rings (SSSR count). The molecule has 0 bridgehead atoms. The second-order valence-corrected chi connectivity index (χ2v) is 9.03. The van der Waals surface area contributed by atoms with Crippen LogP contribution in [0.4, 0.5) is 18.9 Å². The maximum absolute atomic E-state index is 12.8. The van der Waals surface area contributed by atoms with Crippen molar-refractivity contribution in [2.75, 3.05) is 0 Å². The van der Waals surface area contributed by atoms with Gasteiger partial charge in [-0.3, -0.25) is 19.6 Å². The van der Waals surface area contributed by atoms with Crippen molar-refractivity contribution < 1.29 is 31.8 Å². The van der Waals surface area contributed by atoms with Gasteiger partial charge >= 0.3 is 6.18 Å². The minimum absolute atomic E-state index is 0.123. The molecule has 0 spiro atoms. The molecule has 0 radical (unpaired) electrons. The Morgan fingerprint density at radius 3 is 2.33 bits per heavy atom.